The number of para-hydroxylation sites is 1. The molecule has 2 heteroatoms. The zero-order valence-corrected chi connectivity index (χ0v) is 29.7. The molecule has 0 aliphatic heterocycles. The van der Waals surface area contributed by atoms with Gasteiger partial charge in [0.05, 0.1) is 11.0 Å². The van der Waals surface area contributed by atoms with Crippen LogP contribution < -0.4 is 4.90 Å². The van der Waals surface area contributed by atoms with Crippen LogP contribution in [0.2, 0.25) is 0 Å². The summed E-state index contributed by atoms with van der Waals surface area (Å²) in [5.74, 6) is 0. The van der Waals surface area contributed by atoms with Crippen LogP contribution >= 0.6 is 0 Å². The fourth-order valence-electron chi connectivity index (χ4n) is 7.89. The van der Waals surface area contributed by atoms with Crippen molar-refractivity contribution in [3.63, 3.8) is 0 Å². The predicted octanol–water partition coefficient (Wildman–Crippen LogP) is 14.4. The van der Waals surface area contributed by atoms with Gasteiger partial charge >= 0.3 is 0 Å². The molecular weight excluding hydrogens is 653 g/mol. The molecule has 0 bridgehead atoms. The summed E-state index contributed by atoms with van der Waals surface area (Å²) in [5, 5.41) is 4.93. The van der Waals surface area contributed by atoms with Crippen LogP contribution in [0.5, 0.6) is 0 Å². The van der Waals surface area contributed by atoms with Gasteiger partial charge in [-0.3, -0.25) is 0 Å². The molecule has 10 rings (SSSR count). The van der Waals surface area contributed by atoms with Gasteiger partial charge in [-0.15, -0.1) is 0 Å². The predicted molar refractivity (Wildman–Crippen MR) is 229 cm³/mol. The summed E-state index contributed by atoms with van der Waals surface area (Å²) >= 11 is 0. The summed E-state index contributed by atoms with van der Waals surface area (Å²) in [5.41, 5.74) is 14.1. The maximum absolute atomic E-state index is 2.39. The smallest absolute Gasteiger partial charge is 0.0541 e. The molecule has 0 amide bonds. The molecule has 0 saturated heterocycles. The zero-order valence-electron chi connectivity index (χ0n) is 29.7. The van der Waals surface area contributed by atoms with Crippen molar-refractivity contribution in [2.24, 2.45) is 0 Å². The van der Waals surface area contributed by atoms with Crippen LogP contribution in [0.1, 0.15) is 0 Å². The highest BCUT2D eigenvalue weighted by Crippen LogP contribution is 2.40. The van der Waals surface area contributed by atoms with Gasteiger partial charge in [-0.1, -0.05) is 152 Å². The van der Waals surface area contributed by atoms with Crippen LogP contribution in [0, 0.1) is 0 Å². The zero-order chi connectivity index (χ0) is 35.8. The highest BCUT2D eigenvalue weighted by molar-refractivity contribution is 6.10. The molecule has 254 valence electrons. The maximum Gasteiger partial charge on any atom is 0.0541 e. The molecule has 10 aromatic rings. The molecule has 0 N–H and O–H groups in total. The minimum atomic E-state index is 1.11. The highest BCUT2D eigenvalue weighted by atomic mass is 15.1. The van der Waals surface area contributed by atoms with E-state index >= 15 is 0 Å². The molecule has 0 radical (unpaired) electrons. The Bertz CT molecular complexity index is 2910. The first kappa shape index (κ1) is 31.6. The van der Waals surface area contributed by atoms with Crippen LogP contribution in [0.15, 0.2) is 218 Å². The molecule has 1 heterocycles. The topological polar surface area (TPSA) is 8.17 Å². The van der Waals surface area contributed by atoms with E-state index in [1.54, 1.807) is 0 Å². The summed E-state index contributed by atoms with van der Waals surface area (Å²) < 4.78 is 2.39. The molecule has 9 aromatic carbocycles. The van der Waals surface area contributed by atoms with E-state index < -0.39 is 0 Å². The van der Waals surface area contributed by atoms with Crippen LogP contribution in [0.3, 0.4) is 0 Å². The second kappa shape index (κ2) is 13.4. The lowest BCUT2D eigenvalue weighted by atomic mass is 10.0. The minimum Gasteiger partial charge on any atom is -0.310 e. The van der Waals surface area contributed by atoms with Gasteiger partial charge in [-0.25, -0.2) is 0 Å². The molecule has 0 atom stereocenters. The van der Waals surface area contributed by atoms with E-state index in [1.165, 1.54) is 66.0 Å². The number of rotatable bonds is 7. The molecule has 0 aliphatic carbocycles. The lowest BCUT2D eigenvalue weighted by Gasteiger charge is -2.26. The molecule has 1 aromatic heterocycles. The molecule has 0 spiro atoms. The van der Waals surface area contributed by atoms with Gasteiger partial charge in [0.25, 0.3) is 0 Å². The number of benzene rings is 9. The van der Waals surface area contributed by atoms with Gasteiger partial charge in [0.1, 0.15) is 0 Å². The van der Waals surface area contributed by atoms with E-state index in [9.17, 15) is 0 Å². The van der Waals surface area contributed by atoms with Crippen molar-refractivity contribution in [2.75, 3.05) is 4.90 Å². The minimum absolute atomic E-state index is 1.11. The van der Waals surface area contributed by atoms with Crippen molar-refractivity contribution in [2.45, 2.75) is 0 Å². The van der Waals surface area contributed by atoms with Crippen molar-refractivity contribution in [1.82, 2.24) is 4.57 Å². The van der Waals surface area contributed by atoms with Crippen LogP contribution in [-0.4, -0.2) is 4.57 Å². The van der Waals surface area contributed by atoms with E-state index in [2.05, 4.69) is 228 Å². The Balaban J connectivity index is 1.07. The van der Waals surface area contributed by atoms with E-state index in [0.29, 0.717) is 0 Å². The van der Waals surface area contributed by atoms with E-state index in [-0.39, 0.29) is 0 Å². The van der Waals surface area contributed by atoms with Gasteiger partial charge in [-0.05, 0) is 111 Å². The van der Waals surface area contributed by atoms with Gasteiger partial charge < -0.3 is 9.47 Å². The lowest BCUT2D eigenvalue weighted by molar-refractivity contribution is 1.18. The summed E-state index contributed by atoms with van der Waals surface area (Å²) in [6.07, 6.45) is 0. The van der Waals surface area contributed by atoms with Gasteiger partial charge in [0.2, 0.25) is 0 Å². The van der Waals surface area contributed by atoms with Crippen LogP contribution in [0.25, 0.3) is 71.6 Å². The molecule has 0 saturated carbocycles. The van der Waals surface area contributed by atoms with Gasteiger partial charge in [0, 0.05) is 33.5 Å². The fraction of sp³-hybridized carbons (Fsp3) is 0. The van der Waals surface area contributed by atoms with Crippen molar-refractivity contribution in [1.29, 1.82) is 0 Å². The Morgan fingerprint density at radius 3 is 1.54 bits per heavy atom. The van der Waals surface area contributed by atoms with Crippen molar-refractivity contribution < 1.29 is 0 Å². The van der Waals surface area contributed by atoms with Crippen molar-refractivity contribution in [3.05, 3.63) is 218 Å². The average molecular weight is 689 g/mol. The number of hydrogen-bond donors (Lipinski definition) is 0. The second-order valence-corrected chi connectivity index (χ2v) is 13.8. The Hall–Kier alpha value is -7.16. The van der Waals surface area contributed by atoms with Crippen molar-refractivity contribution >= 4 is 49.6 Å². The van der Waals surface area contributed by atoms with E-state index in [4.69, 9.17) is 0 Å². The normalized spacial score (nSPS) is 11.3. The quantitative estimate of drug-likeness (QED) is 0.162. The molecule has 2 nitrogen and oxygen atoms in total. The Morgan fingerprint density at radius 2 is 0.796 bits per heavy atom. The third-order valence-corrected chi connectivity index (χ3v) is 10.6. The van der Waals surface area contributed by atoms with Crippen LogP contribution in [0.4, 0.5) is 17.1 Å². The highest BCUT2D eigenvalue weighted by Gasteiger charge is 2.17. The third-order valence-electron chi connectivity index (χ3n) is 10.6. The van der Waals surface area contributed by atoms with Crippen molar-refractivity contribution in [3.8, 4) is 39.1 Å². The molecule has 54 heavy (non-hydrogen) atoms. The Morgan fingerprint density at radius 1 is 0.278 bits per heavy atom. The summed E-state index contributed by atoms with van der Waals surface area (Å²) in [7, 11) is 0. The number of anilines is 3. The van der Waals surface area contributed by atoms with Gasteiger partial charge in [0.15, 0.2) is 0 Å². The third kappa shape index (κ3) is 5.71. The SMILES string of the molecule is c1ccc(-c2ccc(N(c3cccc(-c4ccc5c(c4)c4ccccc4n5-c4ccc(-c5ccccc5)cc4)c3)c3ccc4ccccc4c3)cc2)cc1. The number of hydrogen-bond acceptors (Lipinski definition) is 1. The fourth-order valence-corrected chi connectivity index (χ4v) is 7.89. The summed E-state index contributed by atoms with van der Waals surface area (Å²) in [4.78, 5) is 2.37. The van der Waals surface area contributed by atoms with Gasteiger partial charge in [-0.2, -0.15) is 0 Å². The Kier molecular flexibility index (Phi) is 7.85. The monoisotopic (exact) mass is 688 g/mol. The number of aromatic nitrogens is 1. The first-order valence-electron chi connectivity index (χ1n) is 18.5. The van der Waals surface area contributed by atoms with E-state index in [0.717, 1.165) is 22.7 Å². The Labute approximate surface area is 315 Å². The molecule has 0 fully saturated rings. The maximum atomic E-state index is 2.39. The summed E-state index contributed by atoms with van der Waals surface area (Å²) in [6, 6.07) is 78.9. The molecule has 0 aliphatic rings. The average Bonchev–Trinajstić information content (AvgIpc) is 3.58. The van der Waals surface area contributed by atoms with Crippen LogP contribution in [-0.2, 0) is 0 Å². The summed E-state index contributed by atoms with van der Waals surface area (Å²) in [6.45, 7) is 0. The second-order valence-electron chi connectivity index (χ2n) is 13.8. The first-order chi connectivity index (χ1) is 26.8. The molecular formula is C52H36N2. The largest absolute Gasteiger partial charge is 0.310 e. The number of fused-ring (bicyclic) bond motifs is 4. The lowest BCUT2D eigenvalue weighted by Crippen LogP contribution is -2.10. The number of nitrogens with zero attached hydrogens (tertiary/aromatic N) is 2. The molecule has 0 unspecified atom stereocenters. The van der Waals surface area contributed by atoms with E-state index in [1.807, 2.05) is 0 Å². The first-order valence-corrected chi connectivity index (χ1v) is 18.5. The standard InChI is InChI=1S/C52H36N2/c1-3-12-37(13-4-1)40-22-28-45(29-23-40)53(48-32-26-39-16-7-8-17-42(39)34-48)47-19-11-18-43(35-47)44-27-33-52-50(36-44)49-20-9-10-21-51(49)54(52)46-30-24-41(25-31-46)38-14-5-2-6-15-38/h1-36H.